The van der Waals surface area contributed by atoms with Crippen LogP contribution in [0.3, 0.4) is 0 Å². The summed E-state index contributed by atoms with van der Waals surface area (Å²) in [5.41, 5.74) is 4.23. The number of carbonyl (C=O) groups excluding carboxylic acids is 1. The summed E-state index contributed by atoms with van der Waals surface area (Å²) in [5.74, 6) is -0.0474. The lowest BCUT2D eigenvalue weighted by Crippen LogP contribution is -2.23. The first-order valence-electron chi connectivity index (χ1n) is 8.44. The standard InChI is InChI=1S/C21H27NO2/c1-5-24-15-17-8-6-16(7-9-17)14-22-20(23)18-10-12-19(13-11-18)21(2,3)4/h6-13H,5,14-15H2,1-4H3,(H,22,23). The Morgan fingerprint density at radius 1 is 0.958 bits per heavy atom. The molecule has 2 aromatic rings. The molecule has 1 N–H and O–H groups in total. The third kappa shape index (κ3) is 5.20. The van der Waals surface area contributed by atoms with Gasteiger partial charge in [-0.25, -0.2) is 0 Å². The molecule has 0 radical (unpaired) electrons. The molecule has 0 aromatic heterocycles. The van der Waals surface area contributed by atoms with Crippen molar-refractivity contribution in [3.05, 3.63) is 70.8 Å². The van der Waals surface area contributed by atoms with Crippen LogP contribution in [0.15, 0.2) is 48.5 Å². The first-order chi connectivity index (χ1) is 11.4. The van der Waals surface area contributed by atoms with Gasteiger partial charge in [0.1, 0.15) is 0 Å². The molecule has 0 spiro atoms. The minimum absolute atomic E-state index is 0.0474. The lowest BCUT2D eigenvalue weighted by Gasteiger charge is -2.19. The molecule has 0 unspecified atom stereocenters. The molecule has 0 saturated carbocycles. The highest BCUT2D eigenvalue weighted by molar-refractivity contribution is 5.94. The highest BCUT2D eigenvalue weighted by Gasteiger charge is 2.14. The summed E-state index contributed by atoms with van der Waals surface area (Å²) in [4.78, 5) is 12.3. The topological polar surface area (TPSA) is 38.3 Å². The molecule has 2 rings (SSSR count). The van der Waals surface area contributed by atoms with Crippen molar-refractivity contribution in [3.63, 3.8) is 0 Å². The van der Waals surface area contributed by atoms with E-state index in [2.05, 4.69) is 26.1 Å². The molecule has 0 fully saturated rings. The van der Waals surface area contributed by atoms with Gasteiger partial charge in [0.2, 0.25) is 0 Å². The smallest absolute Gasteiger partial charge is 0.251 e. The number of hydrogen-bond donors (Lipinski definition) is 1. The van der Waals surface area contributed by atoms with Gasteiger partial charge in [0.05, 0.1) is 6.61 Å². The largest absolute Gasteiger partial charge is 0.377 e. The van der Waals surface area contributed by atoms with Crippen LogP contribution in [0.1, 0.15) is 54.7 Å². The van der Waals surface area contributed by atoms with E-state index in [-0.39, 0.29) is 11.3 Å². The number of nitrogens with one attached hydrogen (secondary N) is 1. The zero-order valence-corrected chi connectivity index (χ0v) is 15.1. The summed E-state index contributed by atoms with van der Waals surface area (Å²) < 4.78 is 5.38. The maximum Gasteiger partial charge on any atom is 0.251 e. The molecule has 24 heavy (non-hydrogen) atoms. The first kappa shape index (κ1) is 18.2. The van der Waals surface area contributed by atoms with E-state index in [9.17, 15) is 4.79 Å². The zero-order chi connectivity index (χ0) is 17.6. The maximum atomic E-state index is 12.3. The monoisotopic (exact) mass is 325 g/mol. The number of benzene rings is 2. The minimum atomic E-state index is -0.0474. The van der Waals surface area contributed by atoms with Crippen molar-refractivity contribution in [2.24, 2.45) is 0 Å². The van der Waals surface area contributed by atoms with E-state index in [0.29, 0.717) is 25.3 Å². The van der Waals surface area contributed by atoms with Crippen molar-refractivity contribution in [2.75, 3.05) is 6.61 Å². The maximum absolute atomic E-state index is 12.3. The lowest BCUT2D eigenvalue weighted by atomic mass is 9.87. The molecule has 2 aromatic carbocycles. The normalized spacial score (nSPS) is 11.3. The van der Waals surface area contributed by atoms with Gasteiger partial charge in [-0.05, 0) is 41.2 Å². The van der Waals surface area contributed by atoms with Gasteiger partial charge >= 0.3 is 0 Å². The van der Waals surface area contributed by atoms with E-state index < -0.39 is 0 Å². The molecule has 0 aliphatic carbocycles. The van der Waals surface area contributed by atoms with Crippen LogP contribution >= 0.6 is 0 Å². The fourth-order valence-corrected chi connectivity index (χ4v) is 2.38. The lowest BCUT2D eigenvalue weighted by molar-refractivity contribution is 0.0951. The van der Waals surface area contributed by atoms with Crippen LogP contribution in [0.4, 0.5) is 0 Å². The van der Waals surface area contributed by atoms with Crippen LogP contribution in [0.2, 0.25) is 0 Å². The Balaban J connectivity index is 1.90. The predicted molar refractivity (Wildman–Crippen MR) is 98.1 cm³/mol. The van der Waals surface area contributed by atoms with Gasteiger partial charge in [0.15, 0.2) is 0 Å². The Morgan fingerprint density at radius 2 is 1.54 bits per heavy atom. The van der Waals surface area contributed by atoms with E-state index in [1.807, 2.05) is 55.5 Å². The van der Waals surface area contributed by atoms with E-state index in [1.165, 1.54) is 5.56 Å². The average Bonchev–Trinajstić information content (AvgIpc) is 2.58. The second kappa shape index (κ2) is 8.11. The van der Waals surface area contributed by atoms with Crippen molar-refractivity contribution in [3.8, 4) is 0 Å². The number of carbonyl (C=O) groups is 1. The number of amides is 1. The minimum Gasteiger partial charge on any atom is -0.377 e. The molecular weight excluding hydrogens is 298 g/mol. The molecule has 3 heteroatoms. The van der Waals surface area contributed by atoms with Crippen molar-refractivity contribution in [2.45, 2.75) is 46.3 Å². The molecule has 0 aliphatic heterocycles. The van der Waals surface area contributed by atoms with Gasteiger partial charge in [-0.15, -0.1) is 0 Å². The van der Waals surface area contributed by atoms with Crippen LogP contribution in [-0.2, 0) is 23.3 Å². The molecule has 1 amide bonds. The highest BCUT2D eigenvalue weighted by atomic mass is 16.5. The molecule has 3 nitrogen and oxygen atoms in total. The van der Waals surface area contributed by atoms with Crippen LogP contribution in [0.25, 0.3) is 0 Å². The quantitative estimate of drug-likeness (QED) is 0.852. The van der Waals surface area contributed by atoms with Crippen molar-refractivity contribution < 1.29 is 9.53 Å². The number of ether oxygens (including phenoxy) is 1. The van der Waals surface area contributed by atoms with Crippen LogP contribution in [0, 0.1) is 0 Å². The molecule has 0 bridgehead atoms. The molecule has 0 heterocycles. The number of rotatable bonds is 6. The Labute approximate surface area is 145 Å². The Hall–Kier alpha value is -2.13. The fraction of sp³-hybridized carbons (Fsp3) is 0.381. The van der Waals surface area contributed by atoms with E-state index in [0.717, 1.165) is 11.1 Å². The fourth-order valence-electron chi connectivity index (χ4n) is 2.38. The highest BCUT2D eigenvalue weighted by Crippen LogP contribution is 2.22. The zero-order valence-electron chi connectivity index (χ0n) is 15.1. The van der Waals surface area contributed by atoms with E-state index in [1.54, 1.807) is 0 Å². The molecule has 0 aliphatic rings. The van der Waals surface area contributed by atoms with Crippen molar-refractivity contribution >= 4 is 5.91 Å². The second-order valence-corrected chi connectivity index (χ2v) is 6.96. The molecule has 0 atom stereocenters. The third-order valence-corrected chi connectivity index (χ3v) is 3.96. The van der Waals surface area contributed by atoms with E-state index >= 15 is 0 Å². The van der Waals surface area contributed by atoms with Crippen LogP contribution < -0.4 is 5.32 Å². The number of hydrogen-bond acceptors (Lipinski definition) is 2. The van der Waals surface area contributed by atoms with Gasteiger partial charge in [0, 0.05) is 18.7 Å². The molecule has 0 saturated heterocycles. The summed E-state index contributed by atoms with van der Waals surface area (Å²) in [6.07, 6.45) is 0. The van der Waals surface area contributed by atoms with Gasteiger partial charge in [0.25, 0.3) is 5.91 Å². The van der Waals surface area contributed by atoms with Crippen LogP contribution in [0.5, 0.6) is 0 Å². The molecule has 128 valence electrons. The van der Waals surface area contributed by atoms with Gasteiger partial charge in [-0.1, -0.05) is 57.2 Å². The van der Waals surface area contributed by atoms with E-state index in [4.69, 9.17) is 4.74 Å². The Bertz CT molecular complexity index is 652. The summed E-state index contributed by atoms with van der Waals surface area (Å²) in [5, 5.41) is 2.97. The molecular formula is C21H27NO2. The average molecular weight is 325 g/mol. The second-order valence-electron chi connectivity index (χ2n) is 6.96. The Kier molecular flexibility index (Phi) is 6.16. The summed E-state index contributed by atoms with van der Waals surface area (Å²) in [6, 6.07) is 16.0. The van der Waals surface area contributed by atoms with Crippen molar-refractivity contribution in [1.29, 1.82) is 0 Å². The van der Waals surface area contributed by atoms with Gasteiger partial charge in [-0.2, -0.15) is 0 Å². The van der Waals surface area contributed by atoms with Crippen molar-refractivity contribution in [1.82, 2.24) is 5.32 Å². The summed E-state index contributed by atoms with van der Waals surface area (Å²) >= 11 is 0. The van der Waals surface area contributed by atoms with Crippen LogP contribution in [-0.4, -0.2) is 12.5 Å². The van der Waals surface area contributed by atoms with Gasteiger partial charge in [-0.3, -0.25) is 4.79 Å². The summed E-state index contributed by atoms with van der Waals surface area (Å²) in [7, 11) is 0. The third-order valence-electron chi connectivity index (χ3n) is 3.96. The SMILES string of the molecule is CCOCc1ccc(CNC(=O)c2ccc(C(C)(C)C)cc2)cc1. The van der Waals surface area contributed by atoms with Gasteiger partial charge < -0.3 is 10.1 Å². The Morgan fingerprint density at radius 3 is 2.08 bits per heavy atom. The first-order valence-corrected chi connectivity index (χ1v) is 8.44. The predicted octanol–water partition coefficient (Wildman–Crippen LogP) is 4.45. The summed E-state index contributed by atoms with van der Waals surface area (Å²) in [6.45, 7) is 10.3.